The van der Waals surface area contributed by atoms with Crippen molar-refractivity contribution in [1.29, 1.82) is 0 Å². The molecule has 152 valence electrons. The Morgan fingerprint density at radius 3 is 2.67 bits per heavy atom. The Labute approximate surface area is 183 Å². The fourth-order valence-electron chi connectivity index (χ4n) is 3.92. The van der Waals surface area contributed by atoms with Crippen molar-refractivity contribution in [2.24, 2.45) is 0 Å². The van der Waals surface area contributed by atoms with Gasteiger partial charge in [0.15, 0.2) is 23.0 Å². The Bertz CT molecular complexity index is 1100. The monoisotopic (exact) mass is 436 g/mol. The van der Waals surface area contributed by atoms with Gasteiger partial charge in [-0.25, -0.2) is 0 Å². The molecule has 6 rings (SSSR count). The Balaban J connectivity index is 1.21. The van der Waals surface area contributed by atoms with E-state index in [1.54, 1.807) is 11.8 Å². The van der Waals surface area contributed by atoms with Crippen LogP contribution in [-0.2, 0) is 17.1 Å². The van der Waals surface area contributed by atoms with Crippen LogP contribution < -0.4 is 14.2 Å². The van der Waals surface area contributed by atoms with Gasteiger partial charge in [0, 0.05) is 21.8 Å². The summed E-state index contributed by atoms with van der Waals surface area (Å²) in [6.07, 6.45) is -0.104. The number of thioether (sulfide) groups is 2. The van der Waals surface area contributed by atoms with E-state index in [0.717, 1.165) is 34.5 Å². The average molecular weight is 437 g/mol. The largest absolute Gasteiger partial charge is 0.485 e. The Hall–Kier alpha value is -2.28. The van der Waals surface area contributed by atoms with Crippen molar-refractivity contribution in [3.05, 3.63) is 82.9 Å². The summed E-state index contributed by atoms with van der Waals surface area (Å²) in [5.74, 6) is 4.19. The maximum absolute atomic E-state index is 6.36. The van der Waals surface area contributed by atoms with E-state index in [2.05, 4.69) is 36.4 Å². The first-order valence-corrected chi connectivity index (χ1v) is 12.0. The van der Waals surface area contributed by atoms with Crippen molar-refractivity contribution < 1.29 is 18.9 Å². The van der Waals surface area contributed by atoms with Gasteiger partial charge < -0.3 is 18.9 Å². The van der Waals surface area contributed by atoms with Gasteiger partial charge in [0.1, 0.15) is 12.4 Å². The van der Waals surface area contributed by atoms with Crippen LogP contribution in [0.3, 0.4) is 0 Å². The summed E-state index contributed by atoms with van der Waals surface area (Å²) in [6.45, 7) is 1.22. The normalized spacial score (nSPS) is 21.9. The van der Waals surface area contributed by atoms with E-state index >= 15 is 0 Å². The van der Waals surface area contributed by atoms with E-state index in [-0.39, 0.29) is 11.5 Å². The topological polar surface area (TPSA) is 36.9 Å². The number of fused-ring (bicyclic) bond motifs is 3. The molecule has 2 atom stereocenters. The molecule has 3 heterocycles. The molecule has 3 aromatic rings. The van der Waals surface area contributed by atoms with Crippen molar-refractivity contribution in [3.63, 3.8) is 0 Å². The number of hydrogen-bond donors (Lipinski definition) is 0. The van der Waals surface area contributed by atoms with Gasteiger partial charge in [0.05, 0.1) is 12.5 Å². The summed E-state index contributed by atoms with van der Waals surface area (Å²) in [4.78, 5) is 1.30. The fraction of sp³-hybridized carbons (Fsp3) is 0.250. The molecule has 0 fully saturated rings. The third-order valence-electron chi connectivity index (χ3n) is 5.51. The first kappa shape index (κ1) is 18.5. The Morgan fingerprint density at radius 2 is 1.70 bits per heavy atom. The number of hydrogen-bond acceptors (Lipinski definition) is 6. The minimum Gasteiger partial charge on any atom is -0.485 e. The number of benzene rings is 3. The van der Waals surface area contributed by atoms with Gasteiger partial charge in [0.25, 0.3) is 0 Å². The molecule has 0 saturated carbocycles. The molecule has 3 aliphatic rings. The second-order valence-electron chi connectivity index (χ2n) is 7.47. The summed E-state index contributed by atoms with van der Waals surface area (Å²) < 4.78 is 23.9. The minimum absolute atomic E-state index is 0.0123. The van der Waals surface area contributed by atoms with E-state index < -0.39 is 0 Å². The molecule has 30 heavy (non-hydrogen) atoms. The maximum atomic E-state index is 6.36. The van der Waals surface area contributed by atoms with Crippen molar-refractivity contribution in [2.75, 3.05) is 12.5 Å². The van der Waals surface area contributed by atoms with Crippen molar-refractivity contribution in [1.82, 2.24) is 0 Å². The molecular weight excluding hydrogens is 416 g/mol. The summed E-state index contributed by atoms with van der Waals surface area (Å²) >= 11 is 3.57. The molecule has 3 aromatic carbocycles. The lowest BCUT2D eigenvalue weighted by Crippen LogP contribution is -2.22. The van der Waals surface area contributed by atoms with Crippen molar-refractivity contribution >= 4 is 23.5 Å². The highest BCUT2D eigenvalue weighted by Crippen LogP contribution is 2.44. The van der Waals surface area contributed by atoms with E-state index in [0.29, 0.717) is 13.2 Å². The highest BCUT2D eigenvalue weighted by molar-refractivity contribution is 7.99. The molecule has 0 spiro atoms. The molecule has 0 N–H and O–H groups in total. The highest BCUT2D eigenvalue weighted by atomic mass is 32.2. The summed E-state index contributed by atoms with van der Waals surface area (Å²) in [5.41, 5.74) is 4.81. The Kier molecular flexibility index (Phi) is 4.78. The predicted molar refractivity (Wildman–Crippen MR) is 118 cm³/mol. The molecule has 2 unspecified atom stereocenters. The van der Waals surface area contributed by atoms with Gasteiger partial charge in [-0.2, -0.15) is 0 Å². The zero-order valence-corrected chi connectivity index (χ0v) is 17.8. The number of para-hydroxylation sites is 2. The zero-order valence-electron chi connectivity index (χ0n) is 16.2. The van der Waals surface area contributed by atoms with Crippen LogP contribution in [0.25, 0.3) is 0 Å². The van der Waals surface area contributed by atoms with Gasteiger partial charge >= 0.3 is 0 Å². The SMILES string of the molecule is c1ccc2c(c1)OCC(c1ccc3c(c1)CSC(c1ccc4c(c1)SCOC4)O3)O2. The smallest absolute Gasteiger partial charge is 0.170 e. The molecule has 0 saturated heterocycles. The lowest BCUT2D eigenvalue weighted by Gasteiger charge is -2.29. The standard InChI is InChI=1S/C24H20O4S2/c1-2-4-21-20(3-1)26-12-22(27-21)15-7-8-19-18(9-15)13-29-24(28-19)16-5-6-17-11-25-14-30-23(17)10-16/h1-10,22,24H,11-14H2. The fourth-order valence-corrected chi connectivity index (χ4v) is 5.81. The third-order valence-corrected chi connectivity index (χ3v) is 7.63. The molecule has 3 aliphatic heterocycles. The first-order chi connectivity index (χ1) is 14.8. The van der Waals surface area contributed by atoms with Gasteiger partial charge in [-0.3, -0.25) is 0 Å². The second-order valence-corrected chi connectivity index (χ2v) is 9.48. The van der Waals surface area contributed by atoms with Gasteiger partial charge in [-0.1, -0.05) is 42.1 Å². The van der Waals surface area contributed by atoms with Gasteiger partial charge in [0.2, 0.25) is 0 Å². The number of ether oxygens (including phenoxy) is 4. The zero-order chi connectivity index (χ0) is 19.9. The average Bonchev–Trinajstić information content (AvgIpc) is 2.83. The van der Waals surface area contributed by atoms with Crippen LogP contribution >= 0.6 is 23.5 Å². The molecule has 4 nitrogen and oxygen atoms in total. The predicted octanol–water partition coefficient (Wildman–Crippen LogP) is 6.10. The van der Waals surface area contributed by atoms with Crippen LogP contribution in [0, 0.1) is 0 Å². The molecule has 0 amide bonds. The summed E-state index contributed by atoms with van der Waals surface area (Å²) in [5, 5.41) is 0. The first-order valence-electron chi connectivity index (χ1n) is 9.96. The Morgan fingerprint density at radius 1 is 0.800 bits per heavy atom. The quantitative estimate of drug-likeness (QED) is 0.483. The van der Waals surface area contributed by atoms with E-state index in [9.17, 15) is 0 Å². The molecule has 0 bridgehead atoms. The van der Waals surface area contributed by atoms with E-state index in [1.807, 2.05) is 36.0 Å². The third kappa shape index (κ3) is 3.43. The molecule has 6 heteroatoms. The second kappa shape index (κ2) is 7.76. The molecular formula is C24H20O4S2. The lowest BCUT2D eigenvalue weighted by atomic mass is 10.0. The maximum Gasteiger partial charge on any atom is 0.170 e. The van der Waals surface area contributed by atoms with Crippen molar-refractivity contribution in [2.45, 2.75) is 28.8 Å². The molecule has 0 radical (unpaired) electrons. The summed E-state index contributed by atoms with van der Waals surface area (Å²) in [6, 6.07) is 20.8. The van der Waals surface area contributed by atoms with E-state index in [4.69, 9.17) is 18.9 Å². The molecule has 0 aromatic heterocycles. The number of rotatable bonds is 2. The van der Waals surface area contributed by atoms with Crippen LogP contribution in [0.4, 0.5) is 0 Å². The molecule has 0 aliphatic carbocycles. The lowest BCUT2D eigenvalue weighted by molar-refractivity contribution is 0.0912. The summed E-state index contributed by atoms with van der Waals surface area (Å²) in [7, 11) is 0. The van der Waals surface area contributed by atoms with Crippen LogP contribution in [0.15, 0.2) is 65.6 Å². The van der Waals surface area contributed by atoms with Crippen molar-refractivity contribution in [3.8, 4) is 17.2 Å². The van der Waals surface area contributed by atoms with Gasteiger partial charge in [-0.05, 0) is 41.5 Å². The van der Waals surface area contributed by atoms with Crippen LogP contribution in [0.5, 0.6) is 17.2 Å². The van der Waals surface area contributed by atoms with E-state index in [1.165, 1.54) is 21.6 Å². The van der Waals surface area contributed by atoms with Crippen LogP contribution in [-0.4, -0.2) is 12.5 Å². The van der Waals surface area contributed by atoms with Crippen LogP contribution in [0.2, 0.25) is 0 Å². The highest BCUT2D eigenvalue weighted by Gasteiger charge is 2.27. The van der Waals surface area contributed by atoms with Crippen LogP contribution in [0.1, 0.15) is 33.8 Å². The minimum atomic E-state index is -0.104. The van der Waals surface area contributed by atoms with Gasteiger partial charge in [-0.15, -0.1) is 11.8 Å².